The molecular weight excluding hydrogens is 357 g/mol. The number of benzene rings is 1. The highest BCUT2D eigenvalue weighted by Gasteiger charge is 2.31. The summed E-state index contributed by atoms with van der Waals surface area (Å²) in [6.45, 7) is 0.938. The van der Waals surface area contributed by atoms with Gasteiger partial charge in [-0.05, 0) is 59.7 Å². The first-order valence-electron chi connectivity index (χ1n) is 6.43. The zero-order chi connectivity index (χ0) is 13.8. The molecule has 1 aliphatic heterocycles. The summed E-state index contributed by atoms with van der Waals surface area (Å²) in [4.78, 5) is 12.1. The Morgan fingerprint density at radius 3 is 2.89 bits per heavy atom. The second kappa shape index (κ2) is 6.56. The largest absolute Gasteiger partial charge is 0.507 e. The molecule has 104 valence electrons. The maximum absolute atomic E-state index is 12.1. The zero-order valence-corrected chi connectivity index (χ0v) is 13.0. The molecule has 0 bridgehead atoms. The van der Waals surface area contributed by atoms with E-state index < -0.39 is 0 Å². The summed E-state index contributed by atoms with van der Waals surface area (Å²) in [5.74, 6) is -0.287. The molecule has 1 aromatic rings. The number of carbonyl (C=O) groups excluding carboxylic acids is 1. The molecule has 2 N–H and O–H groups in total. The van der Waals surface area contributed by atoms with E-state index in [0.29, 0.717) is 0 Å². The minimum absolute atomic E-state index is 0.113. The van der Waals surface area contributed by atoms with Crippen LogP contribution >= 0.6 is 22.6 Å². The van der Waals surface area contributed by atoms with E-state index in [-0.39, 0.29) is 23.7 Å². The lowest BCUT2D eigenvalue weighted by Gasteiger charge is -2.30. The van der Waals surface area contributed by atoms with Crippen molar-refractivity contribution in [3.63, 3.8) is 0 Å². The first-order valence-corrected chi connectivity index (χ1v) is 7.51. The number of nitrogens with one attached hydrogen (secondary N) is 1. The van der Waals surface area contributed by atoms with Crippen LogP contribution in [0.2, 0.25) is 0 Å². The number of methoxy groups -OCH3 is 1. The van der Waals surface area contributed by atoms with E-state index in [1.165, 1.54) is 7.11 Å². The Morgan fingerprint density at radius 1 is 1.53 bits per heavy atom. The first-order chi connectivity index (χ1) is 9.13. The first kappa shape index (κ1) is 14.6. The molecule has 1 aliphatic rings. The number of ether oxygens (including phenoxy) is 1. The van der Waals surface area contributed by atoms with Crippen molar-refractivity contribution in [3.8, 4) is 5.75 Å². The Bertz CT molecular complexity index is 458. The summed E-state index contributed by atoms with van der Waals surface area (Å²) in [6.07, 6.45) is 3.25. The highest BCUT2D eigenvalue weighted by Crippen LogP contribution is 2.30. The van der Waals surface area contributed by atoms with Crippen molar-refractivity contribution < 1.29 is 14.6 Å². The van der Waals surface area contributed by atoms with Crippen LogP contribution in [0.5, 0.6) is 5.75 Å². The minimum Gasteiger partial charge on any atom is -0.507 e. The number of hydrogen-bond acceptors (Lipinski definition) is 4. The molecule has 1 saturated heterocycles. The van der Waals surface area contributed by atoms with Gasteiger partial charge in [0.2, 0.25) is 0 Å². The van der Waals surface area contributed by atoms with Gasteiger partial charge in [-0.25, -0.2) is 0 Å². The summed E-state index contributed by atoms with van der Waals surface area (Å²) >= 11 is 2.07. The van der Waals surface area contributed by atoms with Crippen LogP contribution in [0.15, 0.2) is 18.2 Å². The lowest BCUT2D eigenvalue weighted by atomic mass is 9.86. The summed E-state index contributed by atoms with van der Waals surface area (Å²) in [6, 6.07) is 5.40. The number of halogens is 1. The molecule has 0 spiro atoms. The van der Waals surface area contributed by atoms with Crippen molar-refractivity contribution in [1.82, 2.24) is 5.32 Å². The van der Waals surface area contributed by atoms with Crippen molar-refractivity contribution in [3.05, 3.63) is 27.3 Å². The quantitative estimate of drug-likeness (QED) is 0.629. The van der Waals surface area contributed by atoms with Crippen LogP contribution in [0.25, 0.3) is 0 Å². The van der Waals surface area contributed by atoms with Gasteiger partial charge in [0, 0.05) is 6.04 Å². The summed E-state index contributed by atoms with van der Waals surface area (Å²) < 4.78 is 5.70. The molecule has 2 rings (SSSR count). The highest BCUT2D eigenvalue weighted by atomic mass is 127. The van der Waals surface area contributed by atoms with Gasteiger partial charge in [-0.1, -0.05) is 12.5 Å². The average Bonchev–Trinajstić information content (AvgIpc) is 2.44. The Morgan fingerprint density at radius 2 is 2.32 bits per heavy atom. The minimum atomic E-state index is -0.306. The molecule has 0 radical (unpaired) electrons. The predicted molar refractivity (Wildman–Crippen MR) is 81.2 cm³/mol. The summed E-state index contributed by atoms with van der Waals surface area (Å²) in [5, 5.41) is 13.0. The van der Waals surface area contributed by atoms with E-state index in [0.717, 1.165) is 34.9 Å². The van der Waals surface area contributed by atoms with Crippen LogP contribution in [-0.2, 0) is 9.53 Å². The van der Waals surface area contributed by atoms with E-state index in [9.17, 15) is 9.90 Å². The molecule has 0 amide bonds. The Balaban J connectivity index is 2.30. The predicted octanol–water partition coefficient (Wildman–Crippen LogP) is 2.40. The van der Waals surface area contributed by atoms with Crippen molar-refractivity contribution in [1.29, 1.82) is 0 Å². The highest BCUT2D eigenvalue weighted by molar-refractivity contribution is 14.1. The fourth-order valence-electron chi connectivity index (χ4n) is 2.54. The number of piperidine rings is 1. The molecular formula is C14H18INO3. The lowest BCUT2D eigenvalue weighted by molar-refractivity contribution is -0.143. The van der Waals surface area contributed by atoms with Crippen LogP contribution < -0.4 is 5.32 Å². The van der Waals surface area contributed by atoms with Gasteiger partial charge in [0.1, 0.15) is 5.75 Å². The van der Waals surface area contributed by atoms with Crippen molar-refractivity contribution in [2.45, 2.75) is 31.2 Å². The summed E-state index contributed by atoms with van der Waals surface area (Å²) in [7, 11) is 1.42. The van der Waals surface area contributed by atoms with Gasteiger partial charge < -0.3 is 15.2 Å². The molecule has 5 heteroatoms. The summed E-state index contributed by atoms with van der Waals surface area (Å²) in [5.41, 5.74) is 0.897. The van der Waals surface area contributed by atoms with E-state index in [1.54, 1.807) is 12.1 Å². The van der Waals surface area contributed by atoms with Gasteiger partial charge in [0.25, 0.3) is 0 Å². The number of aromatic hydroxyl groups is 1. The molecule has 2 unspecified atom stereocenters. The van der Waals surface area contributed by atoms with Gasteiger partial charge in [0.15, 0.2) is 0 Å². The lowest BCUT2D eigenvalue weighted by Crippen LogP contribution is -2.42. The van der Waals surface area contributed by atoms with E-state index >= 15 is 0 Å². The number of hydrogen-bond donors (Lipinski definition) is 2. The average molecular weight is 375 g/mol. The molecule has 2 atom stereocenters. The molecule has 19 heavy (non-hydrogen) atoms. The number of rotatable bonds is 3. The Labute approximate surface area is 126 Å². The Hall–Kier alpha value is -0.820. The third kappa shape index (κ3) is 3.39. The van der Waals surface area contributed by atoms with Gasteiger partial charge in [0.05, 0.1) is 16.6 Å². The van der Waals surface area contributed by atoms with Crippen LogP contribution in [0.4, 0.5) is 0 Å². The maximum atomic E-state index is 12.1. The molecule has 0 aliphatic carbocycles. The van der Waals surface area contributed by atoms with Crippen LogP contribution in [-0.4, -0.2) is 30.8 Å². The second-order valence-electron chi connectivity index (χ2n) is 4.77. The van der Waals surface area contributed by atoms with Gasteiger partial charge in [-0.3, -0.25) is 4.79 Å². The van der Waals surface area contributed by atoms with E-state index in [1.807, 2.05) is 6.07 Å². The van der Waals surface area contributed by atoms with E-state index in [4.69, 9.17) is 4.74 Å². The molecule has 1 fully saturated rings. The number of phenols is 1. The fraction of sp³-hybridized carbons (Fsp3) is 0.500. The van der Waals surface area contributed by atoms with Crippen molar-refractivity contribution in [2.75, 3.05) is 13.7 Å². The molecule has 1 aromatic carbocycles. The van der Waals surface area contributed by atoms with Gasteiger partial charge in [-0.15, -0.1) is 0 Å². The maximum Gasteiger partial charge on any atom is 0.314 e. The van der Waals surface area contributed by atoms with Gasteiger partial charge >= 0.3 is 5.97 Å². The zero-order valence-electron chi connectivity index (χ0n) is 10.9. The molecule has 4 nitrogen and oxygen atoms in total. The standard InChI is InChI=1S/C14H18INO3/c1-19-14(18)13(11-4-2-3-7-16-11)9-5-6-12(17)10(15)8-9/h5-6,8,11,13,16-17H,2-4,7H2,1H3. The normalized spacial score (nSPS) is 20.8. The van der Waals surface area contributed by atoms with Gasteiger partial charge in [-0.2, -0.15) is 0 Å². The third-order valence-electron chi connectivity index (χ3n) is 3.54. The van der Waals surface area contributed by atoms with E-state index in [2.05, 4.69) is 27.9 Å². The number of phenolic OH excluding ortho intramolecular Hbond substituents is 1. The molecule has 1 heterocycles. The van der Waals surface area contributed by atoms with Crippen molar-refractivity contribution >= 4 is 28.6 Å². The molecule has 0 saturated carbocycles. The topological polar surface area (TPSA) is 58.6 Å². The smallest absolute Gasteiger partial charge is 0.314 e. The fourth-order valence-corrected chi connectivity index (χ4v) is 3.08. The second-order valence-corrected chi connectivity index (χ2v) is 5.93. The van der Waals surface area contributed by atoms with Crippen molar-refractivity contribution in [2.24, 2.45) is 0 Å². The Kier molecular flexibility index (Phi) is 5.04. The third-order valence-corrected chi connectivity index (χ3v) is 4.40. The molecule has 0 aromatic heterocycles. The van der Waals surface area contributed by atoms with Crippen LogP contribution in [0.1, 0.15) is 30.7 Å². The SMILES string of the molecule is COC(=O)C(c1ccc(O)c(I)c1)C1CCCCN1. The van der Waals surface area contributed by atoms with Crippen LogP contribution in [0, 0.1) is 3.57 Å². The number of carbonyl (C=O) groups is 1. The number of esters is 1. The van der Waals surface area contributed by atoms with Crippen LogP contribution in [0.3, 0.4) is 0 Å². The monoisotopic (exact) mass is 375 g/mol.